The summed E-state index contributed by atoms with van der Waals surface area (Å²) in [7, 11) is -0.479. The zero-order valence-corrected chi connectivity index (χ0v) is 12.7. The minimum Gasteiger partial charge on any atom is -0.495 e. The van der Waals surface area contributed by atoms with E-state index < -0.39 is 22.7 Å². The van der Waals surface area contributed by atoms with E-state index in [1.54, 1.807) is 13.1 Å². The maximum atomic E-state index is 12.4. The van der Waals surface area contributed by atoms with Crippen LogP contribution in [-0.2, 0) is 16.6 Å². The van der Waals surface area contributed by atoms with E-state index >= 15 is 0 Å². The molecule has 0 radical (unpaired) electrons. The lowest BCUT2D eigenvalue weighted by atomic mass is 10.2. The summed E-state index contributed by atoms with van der Waals surface area (Å²) >= 11 is 0. The Morgan fingerprint density at radius 1 is 1.33 bits per heavy atom. The summed E-state index contributed by atoms with van der Waals surface area (Å²) in [5, 5.41) is 2.84. The number of rotatable bonds is 6. The lowest BCUT2D eigenvalue weighted by Crippen LogP contribution is -2.36. The van der Waals surface area contributed by atoms with Gasteiger partial charge in [-0.2, -0.15) is 17.5 Å². The number of nitrogens with zero attached hydrogens (tertiary/aromatic N) is 1. The summed E-state index contributed by atoms with van der Waals surface area (Å²) in [5.74, 6) is 0.00359. The monoisotopic (exact) mass is 326 g/mol. The van der Waals surface area contributed by atoms with E-state index in [0.29, 0.717) is 12.1 Å². The van der Waals surface area contributed by atoms with Crippen LogP contribution in [0.1, 0.15) is 5.56 Å². The Bertz CT molecular complexity index is 588. The summed E-state index contributed by atoms with van der Waals surface area (Å²) in [5.41, 5.74) is 0.622. The fourth-order valence-electron chi connectivity index (χ4n) is 1.74. The average Bonchev–Trinajstić information content (AvgIpc) is 2.37. The Labute approximate surface area is 121 Å². The number of halogens is 3. The van der Waals surface area contributed by atoms with Crippen LogP contribution in [-0.4, -0.2) is 46.6 Å². The number of hydrogen-bond acceptors (Lipinski definition) is 4. The van der Waals surface area contributed by atoms with Gasteiger partial charge in [-0.15, -0.1) is 0 Å². The molecule has 0 saturated carbocycles. The lowest BCUT2D eigenvalue weighted by molar-refractivity contribution is -0.134. The van der Waals surface area contributed by atoms with E-state index in [9.17, 15) is 21.6 Å². The molecule has 9 heteroatoms. The van der Waals surface area contributed by atoms with Crippen molar-refractivity contribution in [3.05, 3.63) is 23.8 Å². The van der Waals surface area contributed by atoms with E-state index in [1.807, 2.05) is 0 Å². The Hall–Kier alpha value is -1.32. The molecule has 1 aromatic rings. The molecule has 1 aromatic carbocycles. The zero-order chi connectivity index (χ0) is 16.3. The molecule has 0 atom stereocenters. The van der Waals surface area contributed by atoms with Gasteiger partial charge in [0.05, 0.1) is 7.11 Å². The Kier molecular flexibility index (Phi) is 5.60. The van der Waals surface area contributed by atoms with Gasteiger partial charge in [0.1, 0.15) is 17.2 Å². The van der Waals surface area contributed by atoms with Crippen molar-refractivity contribution in [2.75, 3.05) is 27.7 Å². The molecule has 1 N–H and O–H groups in total. The van der Waals surface area contributed by atoms with Crippen molar-refractivity contribution in [3.63, 3.8) is 0 Å². The van der Waals surface area contributed by atoms with Gasteiger partial charge in [0.15, 0.2) is 0 Å². The Balaban J connectivity index is 3.25. The number of hydrogen-bond donors (Lipinski definition) is 1. The first-order valence-corrected chi connectivity index (χ1v) is 7.40. The SMILES string of the molecule is CNCc1ccc(OC)c(S(=O)(=O)N(C)CC(F)(F)F)c1. The summed E-state index contributed by atoms with van der Waals surface area (Å²) < 4.78 is 66.9. The number of benzene rings is 1. The highest BCUT2D eigenvalue weighted by molar-refractivity contribution is 7.89. The number of ether oxygens (including phenoxy) is 1. The lowest BCUT2D eigenvalue weighted by Gasteiger charge is -2.20. The molecule has 0 fully saturated rings. The minimum atomic E-state index is -4.61. The standard InChI is InChI=1S/C12H17F3N2O3S/c1-16-7-9-4-5-10(20-3)11(6-9)21(18,19)17(2)8-12(13,14)15/h4-6,16H,7-8H2,1-3H3. The molecule has 5 nitrogen and oxygen atoms in total. The first-order valence-electron chi connectivity index (χ1n) is 5.96. The number of sulfonamides is 1. The van der Waals surface area contributed by atoms with Gasteiger partial charge in [0.2, 0.25) is 10.0 Å². The number of nitrogens with one attached hydrogen (secondary N) is 1. The van der Waals surface area contributed by atoms with E-state index in [4.69, 9.17) is 4.74 Å². The molecular weight excluding hydrogens is 309 g/mol. The Morgan fingerprint density at radius 2 is 1.95 bits per heavy atom. The highest BCUT2D eigenvalue weighted by Crippen LogP contribution is 2.29. The van der Waals surface area contributed by atoms with E-state index in [-0.39, 0.29) is 15.0 Å². The molecule has 1 rings (SSSR count). The normalized spacial score (nSPS) is 12.7. The van der Waals surface area contributed by atoms with E-state index in [1.165, 1.54) is 19.2 Å². The molecule has 0 aromatic heterocycles. The molecule has 0 bridgehead atoms. The molecule has 0 amide bonds. The van der Waals surface area contributed by atoms with Crippen LogP contribution in [0.2, 0.25) is 0 Å². The summed E-state index contributed by atoms with van der Waals surface area (Å²) in [6, 6.07) is 4.36. The van der Waals surface area contributed by atoms with Gasteiger partial charge >= 0.3 is 6.18 Å². The van der Waals surface area contributed by atoms with Crippen LogP contribution in [0, 0.1) is 0 Å². The molecule has 0 aliphatic heterocycles. The maximum absolute atomic E-state index is 12.4. The molecule has 0 heterocycles. The third-order valence-electron chi connectivity index (χ3n) is 2.70. The fourth-order valence-corrected chi connectivity index (χ4v) is 3.10. The van der Waals surface area contributed by atoms with Gasteiger partial charge in [0.25, 0.3) is 0 Å². The van der Waals surface area contributed by atoms with Crippen molar-refractivity contribution >= 4 is 10.0 Å². The van der Waals surface area contributed by atoms with Gasteiger partial charge in [-0.25, -0.2) is 8.42 Å². The predicted molar refractivity (Wildman–Crippen MR) is 71.6 cm³/mol. The van der Waals surface area contributed by atoms with Gasteiger partial charge in [-0.1, -0.05) is 6.07 Å². The van der Waals surface area contributed by atoms with Crippen LogP contribution in [0.4, 0.5) is 13.2 Å². The van der Waals surface area contributed by atoms with Crippen molar-refractivity contribution in [1.82, 2.24) is 9.62 Å². The fraction of sp³-hybridized carbons (Fsp3) is 0.500. The molecule has 21 heavy (non-hydrogen) atoms. The highest BCUT2D eigenvalue weighted by atomic mass is 32.2. The van der Waals surface area contributed by atoms with Gasteiger partial charge in [0, 0.05) is 13.6 Å². The molecular formula is C12H17F3N2O3S. The van der Waals surface area contributed by atoms with Gasteiger partial charge < -0.3 is 10.1 Å². The van der Waals surface area contributed by atoms with E-state index in [2.05, 4.69) is 5.32 Å². The quantitative estimate of drug-likeness (QED) is 0.863. The van der Waals surface area contributed by atoms with Crippen LogP contribution in [0.25, 0.3) is 0 Å². The second-order valence-electron chi connectivity index (χ2n) is 4.39. The molecule has 0 aliphatic carbocycles. The smallest absolute Gasteiger partial charge is 0.402 e. The molecule has 0 saturated heterocycles. The van der Waals surface area contributed by atoms with Crippen LogP contribution in [0.3, 0.4) is 0 Å². The van der Waals surface area contributed by atoms with E-state index in [0.717, 1.165) is 7.05 Å². The highest BCUT2D eigenvalue weighted by Gasteiger charge is 2.36. The van der Waals surface area contributed by atoms with Crippen LogP contribution >= 0.6 is 0 Å². The average molecular weight is 326 g/mol. The van der Waals surface area contributed by atoms with Crippen molar-refractivity contribution < 1.29 is 26.3 Å². The van der Waals surface area contributed by atoms with Gasteiger partial charge in [-0.3, -0.25) is 0 Å². The summed E-state index contributed by atoms with van der Waals surface area (Å²) in [4.78, 5) is -0.287. The Morgan fingerprint density at radius 3 is 2.43 bits per heavy atom. The maximum Gasteiger partial charge on any atom is 0.402 e. The second-order valence-corrected chi connectivity index (χ2v) is 6.41. The molecule has 0 spiro atoms. The van der Waals surface area contributed by atoms with Crippen molar-refractivity contribution in [2.45, 2.75) is 17.6 Å². The topological polar surface area (TPSA) is 58.6 Å². The van der Waals surface area contributed by atoms with Crippen molar-refractivity contribution in [3.8, 4) is 5.75 Å². The third kappa shape index (κ3) is 4.58. The van der Waals surface area contributed by atoms with Crippen LogP contribution in [0.5, 0.6) is 5.75 Å². The van der Waals surface area contributed by atoms with Crippen LogP contribution in [0.15, 0.2) is 23.1 Å². The first-order chi connectivity index (χ1) is 9.61. The second kappa shape index (κ2) is 6.63. The van der Waals surface area contributed by atoms with Crippen molar-refractivity contribution in [1.29, 1.82) is 0 Å². The van der Waals surface area contributed by atoms with Gasteiger partial charge in [-0.05, 0) is 24.7 Å². The largest absolute Gasteiger partial charge is 0.495 e. The molecule has 120 valence electrons. The summed E-state index contributed by atoms with van der Waals surface area (Å²) in [6.45, 7) is -1.18. The van der Waals surface area contributed by atoms with Crippen molar-refractivity contribution in [2.24, 2.45) is 0 Å². The summed E-state index contributed by atoms with van der Waals surface area (Å²) in [6.07, 6.45) is -4.61. The third-order valence-corrected chi connectivity index (χ3v) is 4.52. The molecule has 0 aliphatic rings. The number of alkyl halides is 3. The predicted octanol–water partition coefficient (Wildman–Crippen LogP) is 1.60. The minimum absolute atomic E-state index is 0.00359. The number of methoxy groups -OCH3 is 1. The molecule has 0 unspecified atom stereocenters. The zero-order valence-electron chi connectivity index (χ0n) is 11.9. The first kappa shape index (κ1) is 17.7. The van der Waals surface area contributed by atoms with Crippen LogP contribution < -0.4 is 10.1 Å².